The maximum absolute atomic E-state index is 9.65. The highest BCUT2D eigenvalue weighted by Gasteiger charge is 2.12. The van der Waals surface area contributed by atoms with Gasteiger partial charge in [0.25, 0.3) is 0 Å². The van der Waals surface area contributed by atoms with E-state index in [-0.39, 0.29) is 5.75 Å². The van der Waals surface area contributed by atoms with Crippen molar-refractivity contribution in [2.24, 2.45) is 0 Å². The van der Waals surface area contributed by atoms with Gasteiger partial charge in [-0.25, -0.2) is 0 Å². The number of nitrogens with zero attached hydrogens (tertiary/aromatic N) is 1. The van der Waals surface area contributed by atoms with Gasteiger partial charge >= 0.3 is 0 Å². The van der Waals surface area contributed by atoms with Crippen LogP contribution in [-0.4, -0.2) is 36.2 Å². The summed E-state index contributed by atoms with van der Waals surface area (Å²) >= 11 is 1.63. The maximum atomic E-state index is 9.65. The highest BCUT2D eigenvalue weighted by Crippen LogP contribution is 2.41. The summed E-state index contributed by atoms with van der Waals surface area (Å²) in [5.41, 5.74) is 0. The largest absolute Gasteiger partial charge is 0.508 e. The normalized spacial score (nSPS) is 15.1. The minimum Gasteiger partial charge on any atom is -0.508 e. The van der Waals surface area contributed by atoms with E-state index in [1.54, 1.807) is 23.5 Å². The smallest absolute Gasteiger partial charge is 0.148 e. The number of phenols is 1. The van der Waals surface area contributed by atoms with Crippen molar-refractivity contribution in [2.45, 2.75) is 26.2 Å². The van der Waals surface area contributed by atoms with Gasteiger partial charge in [-0.2, -0.15) is 0 Å². The van der Waals surface area contributed by atoms with E-state index in [2.05, 4.69) is 4.90 Å². The van der Waals surface area contributed by atoms with Crippen molar-refractivity contribution in [3.8, 4) is 23.0 Å². The number of thiophene rings is 1. The fourth-order valence-corrected chi connectivity index (χ4v) is 4.53. The van der Waals surface area contributed by atoms with E-state index in [0.717, 1.165) is 45.4 Å². The van der Waals surface area contributed by atoms with Crippen LogP contribution in [0.3, 0.4) is 0 Å². The van der Waals surface area contributed by atoms with E-state index >= 15 is 0 Å². The summed E-state index contributed by atoms with van der Waals surface area (Å²) in [7, 11) is 0. The molecule has 0 amide bonds. The van der Waals surface area contributed by atoms with E-state index in [4.69, 9.17) is 9.47 Å². The molecule has 0 aliphatic carbocycles. The summed E-state index contributed by atoms with van der Waals surface area (Å²) in [5, 5.41) is 10.7. The average Bonchev–Trinajstić information content (AvgIpc) is 2.98. The Kier molecular flexibility index (Phi) is 5.50. The third-order valence-corrected chi connectivity index (χ3v) is 6.01. The average molecular weight is 384 g/mol. The molecule has 4 rings (SSSR count). The molecule has 142 valence electrons. The molecule has 1 saturated heterocycles. The maximum Gasteiger partial charge on any atom is 0.148 e. The van der Waals surface area contributed by atoms with Gasteiger partial charge in [-0.05, 0) is 75.3 Å². The number of rotatable bonds is 6. The van der Waals surface area contributed by atoms with Crippen LogP contribution in [0.25, 0.3) is 10.1 Å². The number of ether oxygens (including phenoxy) is 2. The van der Waals surface area contributed by atoms with Gasteiger partial charge in [0.1, 0.15) is 29.6 Å². The molecule has 0 spiro atoms. The second kappa shape index (κ2) is 8.19. The molecule has 4 nitrogen and oxygen atoms in total. The van der Waals surface area contributed by atoms with E-state index < -0.39 is 0 Å². The van der Waals surface area contributed by atoms with Crippen LogP contribution in [0.5, 0.6) is 23.0 Å². The first-order valence-electron chi connectivity index (χ1n) is 9.54. The van der Waals surface area contributed by atoms with Gasteiger partial charge in [0.2, 0.25) is 0 Å². The van der Waals surface area contributed by atoms with Crippen LogP contribution >= 0.6 is 11.3 Å². The number of piperidine rings is 1. The Balaban J connectivity index is 1.37. The lowest BCUT2D eigenvalue weighted by Gasteiger charge is -2.26. The van der Waals surface area contributed by atoms with Crippen molar-refractivity contribution >= 4 is 21.4 Å². The molecule has 27 heavy (non-hydrogen) atoms. The summed E-state index contributed by atoms with van der Waals surface area (Å²) in [5.74, 6) is 2.79. The predicted octanol–water partition coefficient (Wildman–Crippen LogP) is 5.57. The lowest BCUT2D eigenvalue weighted by atomic mass is 10.1. The van der Waals surface area contributed by atoms with Crippen LogP contribution in [0, 0.1) is 6.92 Å². The third-order valence-electron chi connectivity index (χ3n) is 4.96. The van der Waals surface area contributed by atoms with Crippen LogP contribution in [0.1, 0.15) is 24.1 Å². The van der Waals surface area contributed by atoms with E-state index in [1.165, 1.54) is 32.4 Å². The summed E-state index contributed by atoms with van der Waals surface area (Å²) < 4.78 is 13.0. The molecule has 5 heteroatoms. The van der Waals surface area contributed by atoms with E-state index in [9.17, 15) is 5.11 Å². The van der Waals surface area contributed by atoms with Gasteiger partial charge < -0.3 is 14.6 Å². The second-order valence-corrected chi connectivity index (χ2v) is 8.25. The molecule has 1 N–H and O–H groups in total. The molecular formula is C22H25NO3S. The first-order valence-corrected chi connectivity index (χ1v) is 10.4. The molecule has 1 aliphatic heterocycles. The van der Waals surface area contributed by atoms with Gasteiger partial charge in [-0.15, -0.1) is 11.3 Å². The molecular weight excluding hydrogens is 358 g/mol. The Morgan fingerprint density at radius 3 is 2.52 bits per heavy atom. The van der Waals surface area contributed by atoms with E-state index in [0.29, 0.717) is 0 Å². The van der Waals surface area contributed by atoms with Crippen LogP contribution < -0.4 is 9.47 Å². The molecule has 1 aromatic heterocycles. The minimum atomic E-state index is 0.279. The molecule has 3 aromatic rings. The van der Waals surface area contributed by atoms with Crippen molar-refractivity contribution in [1.29, 1.82) is 0 Å². The Morgan fingerprint density at radius 2 is 1.74 bits per heavy atom. The zero-order chi connectivity index (χ0) is 18.6. The molecule has 0 saturated carbocycles. The monoisotopic (exact) mass is 383 g/mol. The summed E-state index contributed by atoms with van der Waals surface area (Å²) in [6.07, 6.45) is 3.98. The number of aromatic hydroxyl groups is 1. The Labute approximate surface area is 164 Å². The second-order valence-electron chi connectivity index (χ2n) is 6.99. The van der Waals surface area contributed by atoms with Crippen molar-refractivity contribution < 1.29 is 14.6 Å². The van der Waals surface area contributed by atoms with Gasteiger partial charge in [0, 0.05) is 21.5 Å². The predicted molar refractivity (Wildman–Crippen MR) is 111 cm³/mol. The fourth-order valence-electron chi connectivity index (χ4n) is 3.51. The Bertz CT molecular complexity index is 898. The van der Waals surface area contributed by atoms with E-state index in [1.807, 2.05) is 37.3 Å². The lowest BCUT2D eigenvalue weighted by Crippen LogP contribution is -2.33. The molecule has 2 heterocycles. The molecule has 0 radical (unpaired) electrons. The Hall–Kier alpha value is -2.24. The van der Waals surface area contributed by atoms with Crippen LogP contribution in [0.4, 0.5) is 0 Å². The molecule has 0 bridgehead atoms. The van der Waals surface area contributed by atoms with Gasteiger partial charge in [0.15, 0.2) is 0 Å². The fraction of sp³-hybridized carbons (Fsp3) is 0.364. The van der Waals surface area contributed by atoms with Crippen molar-refractivity contribution in [2.75, 3.05) is 26.2 Å². The molecule has 1 aliphatic rings. The number of hydrogen-bond acceptors (Lipinski definition) is 5. The van der Waals surface area contributed by atoms with Crippen LogP contribution in [0.2, 0.25) is 0 Å². The summed E-state index contributed by atoms with van der Waals surface area (Å²) in [6, 6.07) is 13.2. The zero-order valence-electron chi connectivity index (χ0n) is 15.6. The number of likely N-dealkylation sites (tertiary alicyclic amines) is 1. The summed E-state index contributed by atoms with van der Waals surface area (Å²) in [6.45, 7) is 6.14. The van der Waals surface area contributed by atoms with Gasteiger partial charge in [-0.1, -0.05) is 6.42 Å². The molecule has 2 aromatic carbocycles. The minimum absolute atomic E-state index is 0.279. The number of hydrogen-bond donors (Lipinski definition) is 1. The van der Waals surface area contributed by atoms with Crippen molar-refractivity contribution in [3.63, 3.8) is 0 Å². The molecule has 1 fully saturated rings. The zero-order valence-corrected chi connectivity index (χ0v) is 16.4. The third kappa shape index (κ3) is 4.37. The highest BCUT2D eigenvalue weighted by molar-refractivity contribution is 7.19. The highest BCUT2D eigenvalue weighted by atomic mass is 32.1. The molecule has 0 atom stereocenters. The lowest BCUT2D eigenvalue weighted by molar-refractivity contribution is 0.183. The molecule has 0 unspecified atom stereocenters. The quantitative estimate of drug-likeness (QED) is 0.604. The first-order chi connectivity index (χ1) is 13.2. The van der Waals surface area contributed by atoms with Crippen LogP contribution in [0.15, 0.2) is 42.5 Å². The number of fused-ring (bicyclic) bond motifs is 1. The standard InChI is InChI=1S/C22H25NO3S/c1-16-22(20-10-5-17(24)15-21(20)27-16)26-19-8-6-18(7-9-19)25-14-13-23-11-3-2-4-12-23/h5-10,15,24H,2-4,11-14H2,1H3. The topological polar surface area (TPSA) is 41.9 Å². The van der Waals surface area contributed by atoms with Crippen molar-refractivity contribution in [1.82, 2.24) is 4.90 Å². The SMILES string of the molecule is Cc1sc2cc(O)ccc2c1Oc1ccc(OCCN2CCCCC2)cc1. The van der Waals surface area contributed by atoms with Crippen molar-refractivity contribution in [3.05, 3.63) is 47.3 Å². The summed E-state index contributed by atoms with van der Waals surface area (Å²) in [4.78, 5) is 3.57. The van der Waals surface area contributed by atoms with Gasteiger partial charge in [-0.3, -0.25) is 4.90 Å². The Morgan fingerprint density at radius 1 is 1.00 bits per heavy atom. The first kappa shape index (κ1) is 18.1. The van der Waals surface area contributed by atoms with Crippen LogP contribution in [-0.2, 0) is 0 Å². The number of phenolic OH excluding ortho intramolecular Hbond substituents is 1. The van der Waals surface area contributed by atoms with Gasteiger partial charge in [0.05, 0.1) is 0 Å². The number of aryl methyl sites for hydroxylation is 1. The number of benzene rings is 2.